The summed E-state index contributed by atoms with van der Waals surface area (Å²) in [5.74, 6) is -0.264. The van der Waals surface area contributed by atoms with E-state index < -0.39 is 5.97 Å². The lowest BCUT2D eigenvalue weighted by molar-refractivity contribution is 0.0698. The van der Waals surface area contributed by atoms with Gasteiger partial charge in [-0.2, -0.15) is 0 Å². The second-order valence-corrected chi connectivity index (χ2v) is 4.97. The Hall–Kier alpha value is -2.14. The van der Waals surface area contributed by atoms with Gasteiger partial charge in [0.25, 0.3) is 0 Å². The summed E-state index contributed by atoms with van der Waals surface area (Å²) in [6.45, 7) is 1.92. The van der Waals surface area contributed by atoms with Crippen LogP contribution in [0.15, 0.2) is 34.9 Å². The minimum atomic E-state index is -1.08. The molecule has 0 spiro atoms. The first-order chi connectivity index (χ1) is 9.47. The summed E-state index contributed by atoms with van der Waals surface area (Å²) in [4.78, 5) is 11.3. The molecule has 0 bridgehead atoms. The molecule has 0 saturated carbocycles. The highest BCUT2D eigenvalue weighted by atomic mass is 35.5. The molecule has 0 radical (unpaired) electrons. The van der Waals surface area contributed by atoms with Crippen molar-refractivity contribution in [3.63, 3.8) is 0 Å². The number of halogens is 1. The van der Waals surface area contributed by atoms with E-state index in [4.69, 9.17) is 21.8 Å². The second-order valence-electron chi connectivity index (χ2n) is 4.56. The third-order valence-electron chi connectivity index (χ3n) is 2.82. The van der Waals surface area contributed by atoms with Crippen molar-refractivity contribution in [2.24, 2.45) is 0 Å². The first-order valence-corrected chi connectivity index (χ1v) is 6.46. The van der Waals surface area contributed by atoms with Crippen molar-refractivity contribution in [3.05, 3.63) is 46.9 Å². The minimum Gasteiger partial charge on any atom is -0.478 e. The first-order valence-electron chi connectivity index (χ1n) is 6.08. The van der Waals surface area contributed by atoms with Crippen LogP contribution < -0.4 is 11.1 Å². The fourth-order valence-corrected chi connectivity index (χ4v) is 2.25. The molecule has 4 N–H and O–H groups in total. The highest BCUT2D eigenvalue weighted by Crippen LogP contribution is 2.30. The number of furan rings is 1. The van der Waals surface area contributed by atoms with Crippen LogP contribution in [0.3, 0.4) is 0 Å². The van der Waals surface area contributed by atoms with Gasteiger partial charge in [0, 0.05) is 18.2 Å². The van der Waals surface area contributed by atoms with Gasteiger partial charge < -0.3 is 20.6 Å². The quantitative estimate of drug-likeness (QED) is 0.737. The SMILES string of the molecule is CC(Cc1ccco1)Nc1c(Cl)cc(N)cc1C(=O)O. The molecule has 1 aromatic heterocycles. The van der Waals surface area contributed by atoms with E-state index >= 15 is 0 Å². The zero-order valence-corrected chi connectivity index (χ0v) is 11.6. The predicted molar refractivity (Wildman–Crippen MR) is 78.3 cm³/mol. The zero-order valence-electron chi connectivity index (χ0n) is 10.9. The normalized spacial score (nSPS) is 12.1. The van der Waals surface area contributed by atoms with Crippen LogP contribution >= 0.6 is 11.6 Å². The molecule has 2 aromatic rings. The van der Waals surface area contributed by atoms with Gasteiger partial charge in [-0.3, -0.25) is 0 Å². The van der Waals surface area contributed by atoms with E-state index in [1.54, 1.807) is 12.3 Å². The third kappa shape index (κ3) is 3.24. The van der Waals surface area contributed by atoms with Gasteiger partial charge in [-0.1, -0.05) is 11.6 Å². The van der Waals surface area contributed by atoms with Gasteiger partial charge in [0.15, 0.2) is 0 Å². The second kappa shape index (κ2) is 5.88. The van der Waals surface area contributed by atoms with E-state index in [0.717, 1.165) is 5.76 Å². The Morgan fingerprint density at radius 3 is 2.90 bits per heavy atom. The van der Waals surface area contributed by atoms with Crippen LogP contribution in [-0.4, -0.2) is 17.1 Å². The number of nitrogens with one attached hydrogen (secondary N) is 1. The highest BCUT2D eigenvalue weighted by Gasteiger charge is 2.17. The number of carbonyl (C=O) groups is 1. The first kappa shape index (κ1) is 14.3. The van der Waals surface area contributed by atoms with Gasteiger partial charge in [0.2, 0.25) is 0 Å². The molecule has 20 heavy (non-hydrogen) atoms. The Labute approximate surface area is 121 Å². The standard InChI is InChI=1S/C14H15ClN2O3/c1-8(5-10-3-2-4-20-10)17-13-11(14(18)19)6-9(16)7-12(13)15/h2-4,6-8,17H,5,16H2,1H3,(H,18,19). The summed E-state index contributed by atoms with van der Waals surface area (Å²) in [6.07, 6.45) is 2.22. The number of anilines is 2. The van der Waals surface area contributed by atoms with Gasteiger partial charge in [0.1, 0.15) is 5.76 Å². The number of hydrogen-bond acceptors (Lipinski definition) is 4. The molecule has 1 heterocycles. The van der Waals surface area contributed by atoms with E-state index in [0.29, 0.717) is 17.8 Å². The lowest BCUT2D eigenvalue weighted by atomic mass is 10.1. The van der Waals surface area contributed by atoms with Gasteiger partial charge in [-0.05, 0) is 31.2 Å². The summed E-state index contributed by atoms with van der Waals surface area (Å²) < 4.78 is 5.26. The summed E-state index contributed by atoms with van der Waals surface area (Å²) >= 11 is 6.08. The Morgan fingerprint density at radius 2 is 2.30 bits per heavy atom. The molecule has 0 aliphatic carbocycles. The molecule has 1 unspecified atom stereocenters. The molecule has 6 heteroatoms. The maximum absolute atomic E-state index is 11.3. The highest BCUT2D eigenvalue weighted by molar-refractivity contribution is 6.34. The average molecular weight is 295 g/mol. The van der Waals surface area contributed by atoms with Crippen LogP contribution in [0.2, 0.25) is 5.02 Å². The zero-order chi connectivity index (χ0) is 14.7. The van der Waals surface area contributed by atoms with Crippen LogP contribution in [0.4, 0.5) is 11.4 Å². The van der Waals surface area contributed by atoms with E-state index in [2.05, 4.69) is 5.32 Å². The molecule has 1 atom stereocenters. The fraction of sp³-hybridized carbons (Fsp3) is 0.214. The van der Waals surface area contributed by atoms with Gasteiger partial charge >= 0.3 is 5.97 Å². The Bertz CT molecular complexity index is 611. The number of benzene rings is 1. The number of rotatable bonds is 5. The minimum absolute atomic E-state index is 0.0413. The summed E-state index contributed by atoms with van der Waals surface area (Å²) in [5.41, 5.74) is 6.36. The molecule has 2 rings (SSSR count). The summed E-state index contributed by atoms with van der Waals surface area (Å²) in [7, 11) is 0. The Morgan fingerprint density at radius 1 is 1.55 bits per heavy atom. The van der Waals surface area contributed by atoms with Crippen molar-refractivity contribution >= 4 is 28.9 Å². The topological polar surface area (TPSA) is 88.5 Å². The van der Waals surface area contributed by atoms with E-state index in [1.807, 2.05) is 13.0 Å². The van der Waals surface area contributed by atoms with Gasteiger partial charge in [-0.15, -0.1) is 0 Å². The molecule has 106 valence electrons. The number of carboxylic acids is 1. The van der Waals surface area contributed by atoms with Crippen LogP contribution in [0.1, 0.15) is 23.0 Å². The van der Waals surface area contributed by atoms with E-state index in [-0.39, 0.29) is 16.6 Å². The summed E-state index contributed by atoms with van der Waals surface area (Å²) in [5, 5.41) is 12.6. The van der Waals surface area contributed by atoms with Gasteiger partial charge in [0.05, 0.1) is 22.5 Å². The largest absolute Gasteiger partial charge is 0.478 e. The molecule has 5 nitrogen and oxygen atoms in total. The lowest BCUT2D eigenvalue weighted by Crippen LogP contribution is -2.20. The number of carboxylic acid groups (broad SMARTS) is 1. The number of hydrogen-bond donors (Lipinski definition) is 3. The maximum Gasteiger partial charge on any atom is 0.337 e. The number of nitrogens with two attached hydrogens (primary N) is 1. The molecule has 0 aliphatic heterocycles. The van der Waals surface area contributed by atoms with Crippen molar-refractivity contribution in [3.8, 4) is 0 Å². The third-order valence-corrected chi connectivity index (χ3v) is 3.12. The van der Waals surface area contributed by atoms with Crippen molar-refractivity contribution in [2.45, 2.75) is 19.4 Å². The summed E-state index contributed by atoms with van der Waals surface area (Å²) in [6, 6.07) is 6.54. The van der Waals surface area contributed by atoms with Crippen LogP contribution in [-0.2, 0) is 6.42 Å². The van der Waals surface area contributed by atoms with Crippen LogP contribution in [0, 0.1) is 0 Å². The average Bonchev–Trinajstić information content (AvgIpc) is 2.84. The number of nitrogen functional groups attached to an aromatic ring is 1. The van der Waals surface area contributed by atoms with E-state index in [1.165, 1.54) is 12.1 Å². The Balaban J connectivity index is 2.22. The molecule has 1 aromatic carbocycles. The molecule has 0 fully saturated rings. The lowest BCUT2D eigenvalue weighted by Gasteiger charge is -2.17. The van der Waals surface area contributed by atoms with E-state index in [9.17, 15) is 9.90 Å². The van der Waals surface area contributed by atoms with Crippen LogP contribution in [0.25, 0.3) is 0 Å². The van der Waals surface area contributed by atoms with Crippen molar-refractivity contribution in [1.82, 2.24) is 0 Å². The molecule has 0 saturated heterocycles. The predicted octanol–water partition coefficient (Wildman–Crippen LogP) is 3.26. The van der Waals surface area contributed by atoms with Crippen LogP contribution in [0.5, 0.6) is 0 Å². The smallest absolute Gasteiger partial charge is 0.337 e. The van der Waals surface area contributed by atoms with Gasteiger partial charge in [-0.25, -0.2) is 4.79 Å². The molecule has 0 amide bonds. The van der Waals surface area contributed by atoms with Crippen molar-refractivity contribution in [2.75, 3.05) is 11.1 Å². The fourth-order valence-electron chi connectivity index (χ4n) is 1.97. The van der Waals surface area contributed by atoms with Crippen molar-refractivity contribution < 1.29 is 14.3 Å². The molecular formula is C14H15ClN2O3. The maximum atomic E-state index is 11.3. The molecular weight excluding hydrogens is 280 g/mol. The Kier molecular flexibility index (Phi) is 4.20. The molecule has 0 aliphatic rings. The number of aromatic carboxylic acids is 1. The van der Waals surface area contributed by atoms with Crippen molar-refractivity contribution in [1.29, 1.82) is 0 Å². The monoisotopic (exact) mass is 294 g/mol.